The van der Waals surface area contributed by atoms with Crippen LogP contribution in [0.3, 0.4) is 0 Å². The van der Waals surface area contributed by atoms with E-state index >= 15 is 0 Å². The molecule has 1 aromatic heterocycles. The maximum absolute atomic E-state index is 12.5. The van der Waals surface area contributed by atoms with Crippen LogP contribution in [0.5, 0.6) is 0 Å². The van der Waals surface area contributed by atoms with Crippen molar-refractivity contribution in [1.82, 2.24) is 9.78 Å². The summed E-state index contributed by atoms with van der Waals surface area (Å²) in [4.78, 5) is 0. The van der Waals surface area contributed by atoms with Gasteiger partial charge in [-0.3, -0.25) is 0 Å². The molecule has 2 nitrogen and oxygen atoms in total. The van der Waals surface area contributed by atoms with Gasteiger partial charge in [-0.1, -0.05) is 0 Å². The highest BCUT2D eigenvalue weighted by atomic mass is 127. The van der Waals surface area contributed by atoms with E-state index in [0.29, 0.717) is 9.26 Å². The largest absolute Gasteiger partial charge is 0.416 e. The van der Waals surface area contributed by atoms with Crippen LogP contribution in [-0.2, 0) is 6.18 Å². The normalized spacial score (nSPS) is 11.8. The van der Waals surface area contributed by atoms with Gasteiger partial charge in [-0.05, 0) is 69.4 Å². The van der Waals surface area contributed by atoms with E-state index in [4.69, 9.17) is 0 Å². The maximum Gasteiger partial charge on any atom is 0.416 e. The number of hydrogen-bond acceptors (Lipinski definition) is 1. The smallest absolute Gasteiger partial charge is 0.227 e. The third-order valence-corrected chi connectivity index (χ3v) is 3.78. The van der Waals surface area contributed by atoms with E-state index in [2.05, 4.69) is 27.7 Å². The lowest BCUT2D eigenvalue weighted by atomic mass is 10.2. The molecule has 1 heterocycles. The van der Waals surface area contributed by atoms with E-state index in [1.807, 2.05) is 22.6 Å². The molecule has 0 N–H and O–H groups in total. The van der Waals surface area contributed by atoms with Crippen LogP contribution in [0.2, 0.25) is 0 Å². The van der Waals surface area contributed by atoms with E-state index in [9.17, 15) is 13.2 Å². The number of nitrogens with zero attached hydrogens (tertiary/aromatic N) is 2. The highest BCUT2D eigenvalue weighted by molar-refractivity contribution is 14.1. The number of rotatable bonds is 1. The van der Waals surface area contributed by atoms with Gasteiger partial charge < -0.3 is 0 Å². The van der Waals surface area contributed by atoms with Crippen molar-refractivity contribution in [3.63, 3.8) is 0 Å². The molecule has 0 radical (unpaired) electrons. The topological polar surface area (TPSA) is 17.8 Å². The highest BCUT2D eigenvalue weighted by Crippen LogP contribution is 2.32. The van der Waals surface area contributed by atoms with E-state index in [1.165, 1.54) is 6.07 Å². The second-order valence-corrected chi connectivity index (χ2v) is 5.50. The Balaban J connectivity index is 2.50. The molecule has 7 heteroatoms. The summed E-state index contributed by atoms with van der Waals surface area (Å²) >= 11 is 3.96. The van der Waals surface area contributed by atoms with Gasteiger partial charge in [0.05, 0.1) is 17.4 Å². The summed E-state index contributed by atoms with van der Waals surface area (Å²) in [5.74, 6) is 0. The zero-order chi connectivity index (χ0) is 12.6. The number of hydrogen-bond donors (Lipinski definition) is 0. The summed E-state index contributed by atoms with van der Waals surface area (Å²) < 4.78 is 40.4. The third kappa shape index (κ3) is 2.75. The SMILES string of the molecule is FC(F)(F)c1ccc(-n2nccc2I)c(I)c1. The average Bonchev–Trinajstić information content (AvgIpc) is 2.63. The Morgan fingerprint density at radius 1 is 1.12 bits per heavy atom. The summed E-state index contributed by atoms with van der Waals surface area (Å²) in [5, 5.41) is 4.06. The minimum absolute atomic E-state index is 0.513. The standard InChI is InChI=1S/C10H5F3I2N2/c11-10(12,13)6-1-2-8(7(14)5-6)17-9(15)3-4-16-17/h1-5H. The van der Waals surface area contributed by atoms with Crippen molar-refractivity contribution in [1.29, 1.82) is 0 Å². The fourth-order valence-corrected chi connectivity index (χ4v) is 2.61. The van der Waals surface area contributed by atoms with Crippen molar-refractivity contribution in [2.24, 2.45) is 0 Å². The molecule has 0 amide bonds. The first-order valence-electron chi connectivity index (χ1n) is 4.46. The van der Waals surface area contributed by atoms with Crippen molar-refractivity contribution < 1.29 is 13.2 Å². The third-order valence-electron chi connectivity index (χ3n) is 2.10. The van der Waals surface area contributed by atoms with Crippen molar-refractivity contribution >= 4 is 45.2 Å². The fraction of sp³-hybridized carbons (Fsp3) is 0.100. The highest BCUT2D eigenvalue weighted by Gasteiger charge is 2.31. The Morgan fingerprint density at radius 2 is 1.82 bits per heavy atom. The summed E-state index contributed by atoms with van der Waals surface area (Å²) in [5.41, 5.74) is 0.000754. The number of halogens is 5. The first kappa shape index (κ1) is 13.1. The first-order valence-corrected chi connectivity index (χ1v) is 6.62. The lowest BCUT2D eigenvalue weighted by Crippen LogP contribution is -2.07. The molecule has 90 valence electrons. The van der Waals surface area contributed by atoms with E-state index in [0.717, 1.165) is 15.8 Å². The zero-order valence-corrected chi connectivity index (χ0v) is 12.5. The summed E-state index contributed by atoms with van der Waals surface area (Å²) in [6, 6.07) is 5.40. The molecule has 1 aromatic carbocycles. The van der Waals surface area contributed by atoms with Gasteiger partial charge in [0.25, 0.3) is 0 Å². The molecule has 0 saturated heterocycles. The Labute approximate surface area is 122 Å². The Hall–Kier alpha value is -0.320. The molecular formula is C10H5F3I2N2. The minimum atomic E-state index is -4.31. The molecule has 2 rings (SSSR count). The van der Waals surface area contributed by atoms with Gasteiger partial charge in [0.1, 0.15) is 3.70 Å². The average molecular weight is 464 g/mol. The molecule has 0 aliphatic carbocycles. The monoisotopic (exact) mass is 464 g/mol. The van der Waals surface area contributed by atoms with E-state index < -0.39 is 11.7 Å². The van der Waals surface area contributed by atoms with Gasteiger partial charge in [-0.2, -0.15) is 18.3 Å². The fourth-order valence-electron chi connectivity index (χ4n) is 1.32. The zero-order valence-electron chi connectivity index (χ0n) is 8.17. The summed E-state index contributed by atoms with van der Waals surface area (Å²) in [7, 11) is 0. The van der Waals surface area contributed by atoms with E-state index in [-0.39, 0.29) is 0 Å². The second kappa shape index (κ2) is 4.75. The lowest BCUT2D eigenvalue weighted by molar-refractivity contribution is -0.137. The van der Waals surface area contributed by atoms with Gasteiger partial charge in [0.15, 0.2) is 0 Å². The molecule has 17 heavy (non-hydrogen) atoms. The van der Waals surface area contributed by atoms with Crippen molar-refractivity contribution in [3.05, 3.63) is 43.3 Å². The number of benzene rings is 1. The van der Waals surface area contributed by atoms with Gasteiger partial charge in [0.2, 0.25) is 0 Å². The molecule has 0 aliphatic heterocycles. The Bertz CT molecular complexity index is 549. The van der Waals surface area contributed by atoms with Crippen LogP contribution < -0.4 is 0 Å². The molecule has 0 bridgehead atoms. The van der Waals surface area contributed by atoms with Crippen LogP contribution in [0.15, 0.2) is 30.5 Å². The predicted molar refractivity (Wildman–Crippen MR) is 74.0 cm³/mol. The molecular weight excluding hydrogens is 459 g/mol. The van der Waals surface area contributed by atoms with Gasteiger partial charge in [-0.15, -0.1) is 0 Å². The quantitative estimate of drug-likeness (QED) is 0.582. The summed E-state index contributed by atoms with van der Waals surface area (Å²) in [6.45, 7) is 0. The molecule has 0 fully saturated rings. The van der Waals surface area contributed by atoms with Crippen LogP contribution >= 0.6 is 45.2 Å². The van der Waals surface area contributed by atoms with Gasteiger partial charge >= 0.3 is 6.18 Å². The number of alkyl halides is 3. The molecule has 0 spiro atoms. The molecule has 0 saturated carbocycles. The predicted octanol–water partition coefficient (Wildman–Crippen LogP) is 4.10. The Kier molecular flexibility index (Phi) is 3.66. The van der Waals surface area contributed by atoms with Gasteiger partial charge in [0, 0.05) is 3.57 Å². The van der Waals surface area contributed by atoms with Crippen LogP contribution in [0.4, 0.5) is 13.2 Å². The molecule has 0 aliphatic rings. The maximum atomic E-state index is 12.5. The Morgan fingerprint density at radius 3 is 2.29 bits per heavy atom. The molecule has 2 aromatic rings. The van der Waals surface area contributed by atoms with Crippen LogP contribution in [0, 0.1) is 7.27 Å². The first-order chi connectivity index (χ1) is 7.89. The van der Waals surface area contributed by atoms with Crippen LogP contribution in [-0.4, -0.2) is 9.78 Å². The minimum Gasteiger partial charge on any atom is -0.227 e. The number of aromatic nitrogens is 2. The van der Waals surface area contributed by atoms with Crippen molar-refractivity contribution in [2.45, 2.75) is 6.18 Å². The second-order valence-electron chi connectivity index (χ2n) is 3.23. The van der Waals surface area contributed by atoms with E-state index in [1.54, 1.807) is 16.9 Å². The summed E-state index contributed by atoms with van der Waals surface area (Å²) in [6.07, 6.45) is -2.70. The van der Waals surface area contributed by atoms with Gasteiger partial charge in [-0.25, -0.2) is 4.68 Å². The lowest BCUT2D eigenvalue weighted by Gasteiger charge is -2.10. The van der Waals surface area contributed by atoms with Crippen LogP contribution in [0.1, 0.15) is 5.56 Å². The molecule has 0 unspecified atom stereocenters. The van der Waals surface area contributed by atoms with Crippen molar-refractivity contribution in [2.75, 3.05) is 0 Å². The van der Waals surface area contributed by atoms with Crippen molar-refractivity contribution in [3.8, 4) is 5.69 Å². The molecule has 0 atom stereocenters. The van der Waals surface area contributed by atoms with Crippen LogP contribution in [0.25, 0.3) is 5.69 Å².